The molecule has 0 fully saturated rings. The van der Waals surface area contributed by atoms with Gasteiger partial charge in [0.2, 0.25) is 0 Å². The van der Waals surface area contributed by atoms with Crippen LogP contribution in [0.15, 0.2) is 42.5 Å². The Hall–Kier alpha value is -2.40. The number of benzene rings is 2. The lowest BCUT2D eigenvalue weighted by Crippen LogP contribution is -2.21. The fraction of sp³-hybridized carbons (Fsp3) is 0.125. The first-order valence-corrected chi connectivity index (χ1v) is 6.82. The number of nitrogens with one attached hydrogen (secondary N) is 1. The summed E-state index contributed by atoms with van der Waals surface area (Å²) >= 11 is 5.74. The van der Waals surface area contributed by atoms with Gasteiger partial charge >= 0.3 is 5.97 Å². The second kappa shape index (κ2) is 7.04. The number of ether oxygens (including phenoxy) is 1. The lowest BCUT2D eigenvalue weighted by Gasteiger charge is -2.07. The first kappa shape index (κ1) is 16.0. The summed E-state index contributed by atoms with van der Waals surface area (Å²) in [5, 5.41) is 2.52. The van der Waals surface area contributed by atoms with Crippen LogP contribution in [-0.2, 0) is 9.53 Å². The standard InChI is InChI=1S/C16H13ClFNO3/c1-10-2-5-12(6-3-10)19-15(20)9-22-16(21)13-7-4-11(18)8-14(13)17/h2-8H,9H2,1H3,(H,19,20). The van der Waals surface area contributed by atoms with Gasteiger partial charge in [-0.05, 0) is 37.3 Å². The van der Waals surface area contributed by atoms with E-state index in [-0.39, 0.29) is 10.6 Å². The molecule has 4 nitrogen and oxygen atoms in total. The molecule has 0 atom stereocenters. The van der Waals surface area contributed by atoms with Crippen molar-refractivity contribution in [2.75, 3.05) is 11.9 Å². The van der Waals surface area contributed by atoms with Crippen molar-refractivity contribution in [3.63, 3.8) is 0 Å². The highest BCUT2D eigenvalue weighted by Crippen LogP contribution is 2.18. The molecule has 0 spiro atoms. The SMILES string of the molecule is Cc1ccc(NC(=O)COC(=O)c2ccc(F)cc2Cl)cc1. The third-order valence-corrected chi connectivity index (χ3v) is 3.13. The van der Waals surface area contributed by atoms with Gasteiger partial charge in [0.25, 0.3) is 5.91 Å². The molecule has 0 aliphatic carbocycles. The number of esters is 1. The highest BCUT2D eigenvalue weighted by Gasteiger charge is 2.14. The van der Waals surface area contributed by atoms with Crippen LogP contribution in [0, 0.1) is 12.7 Å². The van der Waals surface area contributed by atoms with Gasteiger partial charge in [-0.25, -0.2) is 9.18 Å². The Labute approximate surface area is 131 Å². The smallest absolute Gasteiger partial charge is 0.340 e. The number of carbonyl (C=O) groups is 2. The van der Waals surface area contributed by atoms with E-state index in [4.69, 9.17) is 16.3 Å². The topological polar surface area (TPSA) is 55.4 Å². The Bertz CT molecular complexity index is 701. The molecule has 22 heavy (non-hydrogen) atoms. The number of anilines is 1. The molecular weight excluding hydrogens is 309 g/mol. The summed E-state index contributed by atoms with van der Waals surface area (Å²) in [7, 11) is 0. The number of halogens is 2. The van der Waals surface area contributed by atoms with Crippen molar-refractivity contribution in [2.45, 2.75) is 6.92 Å². The molecule has 1 amide bonds. The van der Waals surface area contributed by atoms with Crippen LogP contribution in [-0.4, -0.2) is 18.5 Å². The van der Waals surface area contributed by atoms with Crippen molar-refractivity contribution in [2.24, 2.45) is 0 Å². The van der Waals surface area contributed by atoms with Gasteiger partial charge in [0, 0.05) is 5.69 Å². The summed E-state index contributed by atoms with van der Waals surface area (Å²) in [6.07, 6.45) is 0. The summed E-state index contributed by atoms with van der Waals surface area (Å²) in [6, 6.07) is 10.5. The molecular formula is C16H13ClFNO3. The van der Waals surface area contributed by atoms with Crippen LogP contribution in [0.1, 0.15) is 15.9 Å². The minimum atomic E-state index is -0.788. The summed E-state index contributed by atoms with van der Waals surface area (Å²) in [6.45, 7) is 1.47. The largest absolute Gasteiger partial charge is 0.452 e. The van der Waals surface area contributed by atoms with E-state index in [1.54, 1.807) is 12.1 Å². The number of hydrogen-bond acceptors (Lipinski definition) is 3. The molecule has 0 saturated heterocycles. The summed E-state index contributed by atoms with van der Waals surface area (Å²) < 4.78 is 17.7. The minimum absolute atomic E-state index is 0.00574. The van der Waals surface area contributed by atoms with Crippen LogP contribution < -0.4 is 5.32 Å². The maximum atomic E-state index is 12.9. The van der Waals surface area contributed by atoms with E-state index in [1.165, 1.54) is 6.07 Å². The fourth-order valence-electron chi connectivity index (χ4n) is 1.70. The predicted octanol–water partition coefficient (Wildman–Crippen LogP) is 3.58. The van der Waals surface area contributed by atoms with Crippen LogP contribution in [0.4, 0.5) is 10.1 Å². The maximum absolute atomic E-state index is 12.9. The Morgan fingerprint density at radius 2 is 1.86 bits per heavy atom. The zero-order chi connectivity index (χ0) is 16.1. The molecule has 0 aliphatic rings. The van der Waals surface area contributed by atoms with Crippen molar-refractivity contribution in [3.8, 4) is 0 Å². The molecule has 0 aromatic heterocycles. The Morgan fingerprint density at radius 3 is 2.50 bits per heavy atom. The Kier molecular flexibility index (Phi) is 5.12. The van der Waals surface area contributed by atoms with Crippen LogP contribution in [0.2, 0.25) is 5.02 Å². The van der Waals surface area contributed by atoms with E-state index in [2.05, 4.69) is 5.32 Å². The van der Waals surface area contributed by atoms with E-state index in [1.807, 2.05) is 19.1 Å². The quantitative estimate of drug-likeness (QED) is 0.876. The summed E-state index contributed by atoms with van der Waals surface area (Å²) in [5.74, 6) is -1.82. The lowest BCUT2D eigenvalue weighted by atomic mass is 10.2. The molecule has 1 N–H and O–H groups in total. The Morgan fingerprint density at radius 1 is 1.18 bits per heavy atom. The van der Waals surface area contributed by atoms with Gasteiger partial charge in [0.05, 0.1) is 10.6 Å². The van der Waals surface area contributed by atoms with Gasteiger partial charge in [0.1, 0.15) is 5.82 Å². The average Bonchev–Trinajstić information content (AvgIpc) is 2.47. The first-order valence-electron chi connectivity index (χ1n) is 6.44. The molecule has 0 heterocycles. The molecule has 6 heteroatoms. The zero-order valence-electron chi connectivity index (χ0n) is 11.7. The third-order valence-electron chi connectivity index (χ3n) is 2.82. The van der Waals surface area contributed by atoms with Gasteiger partial charge in [-0.1, -0.05) is 29.3 Å². The van der Waals surface area contributed by atoms with Crippen molar-refractivity contribution >= 4 is 29.2 Å². The first-order chi connectivity index (χ1) is 10.5. The predicted molar refractivity (Wildman–Crippen MR) is 81.5 cm³/mol. The van der Waals surface area contributed by atoms with Crippen LogP contribution in [0.25, 0.3) is 0 Å². The van der Waals surface area contributed by atoms with Crippen molar-refractivity contribution in [1.82, 2.24) is 0 Å². The van der Waals surface area contributed by atoms with Crippen molar-refractivity contribution < 1.29 is 18.7 Å². The van der Waals surface area contributed by atoms with E-state index in [0.717, 1.165) is 17.7 Å². The van der Waals surface area contributed by atoms with E-state index in [9.17, 15) is 14.0 Å². The second-order valence-corrected chi connectivity index (χ2v) is 5.02. The van der Waals surface area contributed by atoms with Gasteiger partial charge in [0.15, 0.2) is 6.61 Å². The van der Waals surface area contributed by atoms with Gasteiger partial charge < -0.3 is 10.1 Å². The molecule has 0 bridgehead atoms. The normalized spacial score (nSPS) is 10.1. The zero-order valence-corrected chi connectivity index (χ0v) is 12.5. The summed E-state index contributed by atoms with van der Waals surface area (Å²) in [4.78, 5) is 23.5. The van der Waals surface area contributed by atoms with Crippen LogP contribution in [0.3, 0.4) is 0 Å². The molecule has 0 saturated carbocycles. The molecule has 114 valence electrons. The lowest BCUT2D eigenvalue weighted by molar-refractivity contribution is -0.119. The van der Waals surface area contributed by atoms with Crippen LogP contribution in [0.5, 0.6) is 0 Å². The van der Waals surface area contributed by atoms with Crippen molar-refractivity contribution in [1.29, 1.82) is 0 Å². The molecule has 0 radical (unpaired) electrons. The number of aryl methyl sites for hydroxylation is 1. The molecule has 2 aromatic carbocycles. The highest BCUT2D eigenvalue weighted by molar-refractivity contribution is 6.33. The highest BCUT2D eigenvalue weighted by atomic mass is 35.5. The fourth-order valence-corrected chi connectivity index (χ4v) is 1.94. The summed E-state index contributed by atoms with van der Waals surface area (Å²) in [5.41, 5.74) is 1.67. The number of rotatable bonds is 4. The number of amides is 1. The maximum Gasteiger partial charge on any atom is 0.340 e. The molecule has 0 unspecified atom stereocenters. The van der Waals surface area contributed by atoms with E-state index < -0.39 is 24.3 Å². The second-order valence-electron chi connectivity index (χ2n) is 4.61. The van der Waals surface area contributed by atoms with E-state index >= 15 is 0 Å². The van der Waals surface area contributed by atoms with E-state index in [0.29, 0.717) is 5.69 Å². The number of carbonyl (C=O) groups excluding carboxylic acids is 2. The monoisotopic (exact) mass is 321 g/mol. The van der Waals surface area contributed by atoms with Gasteiger partial charge in [-0.2, -0.15) is 0 Å². The average molecular weight is 322 g/mol. The molecule has 2 aromatic rings. The van der Waals surface area contributed by atoms with Crippen molar-refractivity contribution in [3.05, 3.63) is 64.4 Å². The van der Waals surface area contributed by atoms with Crippen LogP contribution >= 0.6 is 11.6 Å². The Balaban J connectivity index is 1.90. The molecule has 2 rings (SSSR count). The number of hydrogen-bond donors (Lipinski definition) is 1. The van der Waals surface area contributed by atoms with Gasteiger partial charge in [-0.3, -0.25) is 4.79 Å². The molecule has 0 aliphatic heterocycles. The third kappa shape index (κ3) is 4.30. The minimum Gasteiger partial charge on any atom is -0.452 e. The van der Waals surface area contributed by atoms with Gasteiger partial charge in [-0.15, -0.1) is 0 Å².